The summed E-state index contributed by atoms with van der Waals surface area (Å²) in [7, 11) is 1.94. The maximum Gasteiger partial charge on any atom is 0.272 e. The van der Waals surface area contributed by atoms with Gasteiger partial charge in [-0.3, -0.25) is 9.59 Å². The Bertz CT molecular complexity index is 1070. The molecule has 2 aliphatic heterocycles. The quantitative estimate of drug-likeness (QED) is 0.763. The molecule has 1 aromatic carbocycles. The molecule has 9 heteroatoms. The van der Waals surface area contributed by atoms with Crippen molar-refractivity contribution in [1.29, 1.82) is 0 Å². The molecule has 0 bridgehead atoms. The molecule has 1 aromatic heterocycles. The second-order valence-corrected chi connectivity index (χ2v) is 10.0. The second kappa shape index (κ2) is 8.85. The number of amides is 2. The molecule has 7 nitrogen and oxygen atoms in total. The molecule has 2 aliphatic rings. The van der Waals surface area contributed by atoms with Crippen LogP contribution in [0.1, 0.15) is 49.8 Å². The van der Waals surface area contributed by atoms with Crippen molar-refractivity contribution in [3.63, 3.8) is 0 Å². The second-order valence-electron chi connectivity index (χ2n) is 10.0. The molecule has 0 radical (unpaired) electrons. The predicted molar refractivity (Wildman–Crippen MR) is 120 cm³/mol. The van der Waals surface area contributed by atoms with Gasteiger partial charge in [0.15, 0.2) is 5.69 Å². The lowest BCUT2D eigenvalue weighted by Crippen LogP contribution is -2.57. The first-order chi connectivity index (χ1) is 15.6. The Balaban J connectivity index is 1.75. The van der Waals surface area contributed by atoms with Crippen LogP contribution in [0.2, 0.25) is 0 Å². The van der Waals surface area contributed by atoms with Gasteiger partial charge in [0.1, 0.15) is 23.5 Å². The van der Waals surface area contributed by atoms with E-state index >= 15 is 0 Å². The van der Waals surface area contributed by atoms with E-state index in [0.717, 1.165) is 37.6 Å². The van der Waals surface area contributed by atoms with Gasteiger partial charge in [-0.15, -0.1) is 0 Å². The van der Waals surface area contributed by atoms with Crippen molar-refractivity contribution in [2.75, 3.05) is 26.7 Å². The number of hydrogen-bond acceptors (Lipinski definition) is 4. The average Bonchev–Trinajstić information content (AvgIpc) is 2.91. The van der Waals surface area contributed by atoms with E-state index in [1.807, 2.05) is 27.8 Å². The van der Waals surface area contributed by atoms with Gasteiger partial charge in [-0.05, 0) is 50.0 Å². The van der Waals surface area contributed by atoms with Crippen molar-refractivity contribution in [3.05, 3.63) is 41.2 Å². The van der Waals surface area contributed by atoms with E-state index in [1.165, 1.54) is 0 Å². The highest BCUT2D eigenvalue weighted by atomic mass is 19.1. The zero-order valence-electron chi connectivity index (χ0n) is 19.6. The van der Waals surface area contributed by atoms with Crippen LogP contribution in [-0.2, 0) is 17.9 Å². The Morgan fingerprint density at radius 1 is 1.09 bits per heavy atom. The number of aromatic nitrogens is 2. The van der Waals surface area contributed by atoms with E-state index in [0.29, 0.717) is 31.9 Å². The lowest BCUT2D eigenvalue weighted by Gasteiger charge is -2.38. The molecule has 1 atom stereocenters. The third kappa shape index (κ3) is 4.64. The van der Waals surface area contributed by atoms with E-state index in [1.54, 1.807) is 9.47 Å². The van der Waals surface area contributed by atoms with Crippen LogP contribution >= 0.6 is 0 Å². The number of likely N-dealkylation sites (tertiary alicyclic amines) is 1. The number of carbonyl (C=O) groups excluding carboxylic acids is 2. The van der Waals surface area contributed by atoms with Gasteiger partial charge in [-0.1, -0.05) is 20.8 Å². The number of imidazole rings is 1. The van der Waals surface area contributed by atoms with Crippen LogP contribution in [0.15, 0.2) is 18.2 Å². The average molecular weight is 460 g/mol. The normalized spacial score (nSPS) is 17.7. The molecule has 2 amide bonds. The number of benzene rings is 1. The Morgan fingerprint density at radius 2 is 1.79 bits per heavy atom. The molecular weight excluding hydrogens is 428 g/mol. The van der Waals surface area contributed by atoms with Crippen molar-refractivity contribution < 1.29 is 18.4 Å². The molecule has 0 spiro atoms. The summed E-state index contributed by atoms with van der Waals surface area (Å²) >= 11 is 0. The van der Waals surface area contributed by atoms with Gasteiger partial charge in [-0.2, -0.15) is 0 Å². The summed E-state index contributed by atoms with van der Waals surface area (Å²) < 4.78 is 30.4. The highest BCUT2D eigenvalue weighted by molar-refractivity contribution is 5.98. The summed E-state index contributed by atoms with van der Waals surface area (Å²) in [6.45, 7) is 8.86. The summed E-state index contributed by atoms with van der Waals surface area (Å²) in [5, 5.41) is 2.91. The van der Waals surface area contributed by atoms with Crippen molar-refractivity contribution in [2.45, 2.75) is 52.7 Å². The van der Waals surface area contributed by atoms with Crippen LogP contribution in [0.3, 0.4) is 0 Å². The van der Waals surface area contributed by atoms with Crippen LogP contribution < -0.4 is 5.32 Å². The van der Waals surface area contributed by atoms with Gasteiger partial charge in [-0.25, -0.2) is 13.8 Å². The van der Waals surface area contributed by atoms with Crippen LogP contribution in [0.4, 0.5) is 8.78 Å². The fourth-order valence-corrected chi connectivity index (χ4v) is 4.34. The molecule has 2 aromatic rings. The van der Waals surface area contributed by atoms with Crippen molar-refractivity contribution >= 4 is 11.8 Å². The van der Waals surface area contributed by atoms with Gasteiger partial charge in [0.25, 0.3) is 5.91 Å². The molecule has 1 unspecified atom stereocenters. The van der Waals surface area contributed by atoms with E-state index in [-0.39, 0.29) is 23.0 Å². The summed E-state index contributed by atoms with van der Waals surface area (Å²) in [5.41, 5.74) is 0.292. The minimum atomic E-state index is -0.722. The molecular formula is C24H31F2N5O2. The van der Waals surface area contributed by atoms with Gasteiger partial charge in [0.05, 0.1) is 11.3 Å². The summed E-state index contributed by atoms with van der Waals surface area (Å²) in [6, 6.07) is 2.51. The van der Waals surface area contributed by atoms with Gasteiger partial charge in [0.2, 0.25) is 5.91 Å². The largest absolute Gasteiger partial charge is 0.341 e. The lowest BCUT2D eigenvalue weighted by atomic mass is 9.85. The van der Waals surface area contributed by atoms with Gasteiger partial charge >= 0.3 is 0 Å². The Morgan fingerprint density at radius 3 is 2.42 bits per heavy atom. The van der Waals surface area contributed by atoms with Crippen LogP contribution in [0.25, 0.3) is 11.4 Å². The van der Waals surface area contributed by atoms with Crippen molar-refractivity contribution in [2.24, 2.45) is 5.41 Å². The first-order valence-electron chi connectivity index (χ1n) is 11.4. The molecule has 0 aliphatic carbocycles. The maximum absolute atomic E-state index is 14.6. The molecule has 1 N–H and O–H groups in total. The van der Waals surface area contributed by atoms with E-state index in [2.05, 4.69) is 15.2 Å². The third-order valence-corrected chi connectivity index (χ3v) is 6.35. The van der Waals surface area contributed by atoms with Gasteiger partial charge < -0.3 is 19.7 Å². The molecule has 178 valence electrons. The Hall–Kier alpha value is -2.81. The zero-order chi connectivity index (χ0) is 23.9. The minimum Gasteiger partial charge on any atom is -0.341 e. The fourth-order valence-electron chi connectivity index (χ4n) is 4.34. The zero-order valence-corrected chi connectivity index (χ0v) is 19.6. The molecule has 3 heterocycles. The third-order valence-electron chi connectivity index (χ3n) is 6.35. The minimum absolute atomic E-state index is 0.0175. The van der Waals surface area contributed by atoms with E-state index in [9.17, 15) is 18.4 Å². The number of rotatable bonds is 4. The molecule has 33 heavy (non-hydrogen) atoms. The lowest BCUT2D eigenvalue weighted by molar-refractivity contribution is -0.139. The number of hydrogen-bond donors (Lipinski definition) is 1. The number of halogens is 2. The first kappa shape index (κ1) is 23.4. The molecule has 1 fully saturated rings. The maximum atomic E-state index is 14.6. The summed E-state index contributed by atoms with van der Waals surface area (Å²) in [5.74, 6) is -1.54. The SMILES string of the molecule is CN1CCCn2c(-c3cc(F)ccc3F)nc(C(=O)NC(C(=O)N3CCC3)C(C)(C)C)c2C1. The van der Waals surface area contributed by atoms with E-state index < -0.39 is 29.0 Å². The molecule has 0 saturated carbocycles. The molecule has 4 rings (SSSR count). The van der Waals surface area contributed by atoms with Crippen molar-refractivity contribution in [3.8, 4) is 11.4 Å². The monoisotopic (exact) mass is 459 g/mol. The van der Waals surface area contributed by atoms with E-state index in [4.69, 9.17) is 0 Å². The first-order valence-corrected chi connectivity index (χ1v) is 11.4. The summed E-state index contributed by atoms with van der Waals surface area (Å²) in [4.78, 5) is 34.8. The fraction of sp³-hybridized carbons (Fsp3) is 0.542. The summed E-state index contributed by atoms with van der Waals surface area (Å²) in [6.07, 6.45) is 1.74. The highest BCUT2D eigenvalue weighted by Crippen LogP contribution is 2.29. The number of carbonyl (C=O) groups is 2. The highest BCUT2D eigenvalue weighted by Gasteiger charge is 2.38. The van der Waals surface area contributed by atoms with Crippen molar-refractivity contribution in [1.82, 2.24) is 24.7 Å². The van der Waals surface area contributed by atoms with Crippen LogP contribution in [0, 0.1) is 17.0 Å². The number of fused-ring (bicyclic) bond motifs is 1. The number of nitrogens with zero attached hydrogens (tertiary/aromatic N) is 4. The predicted octanol–water partition coefficient (Wildman–Crippen LogP) is 3.04. The number of nitrogens with one attached hydrogen (secondary N) is 1. The Kier molecular flexibility index (Phi) is 6.26. The smallest absolute Gasteiger partial charge is 0.272 e. The van der Waals surface area contributed by atoms with Crippen LogP contribution in [-0.4, -0.2) is 63.9 Å². The Labute approximate surface area is 192 Å². The van der Waals surface area contributed by atoms with Gasteiger partial charge in [0, 0.05) is 26.2 Å². The topological polar surface area (TPSA) is 70.5 Å². The van der Waals surface area contributed by atoms with Crippen LogP contribution in [0.5, 0.6) is 0 Å². The standard InChI is InChI=1S/C24H31F2N5O2/c1-24(2,3)20(23(33)30-10-6-11-30)28-22(32)19-18-14-29(4)9-5-12-31(18)21(27-19)16-13-15(25)7-8-17(16)26/h7-8,13,20H,5-6,9-12,14H2,1-4H3,(H,28,32). The molecule has 1 saturated heterocycles.